The summed E-state index contributed by atoms with van der Waals surface area (Å²) >= 11 is 5.88. The SMILES string of the molecule is COC(C)(C)CNS(=O)(=O)c1ccc(CO)c(Cl)c1. The van der Waals surface area contributed by atoms with Crippen LogP contribution in [0, 0.1) is 0 Å². The Morgan fingerprint density at radius 3 is 2.53 bits per heavy atom. The molecule has 0 atom stereocenters. The van der Waals surface area contributed by atoms with E-state index in [2.05, 4.69) is 4.72 Å². The van der Waals surface area contributed by atoms with Crippen LogP contribution in [0.1, 0.15) is 19.4 Å². The average Bonchev–Trinajstić information content (AvgIpc) is 2.36. The highest BCUT2D eigenvalue weighted by molar-refractivity contribution is 7.89. The Morgan fingerprint density at radius 1 is 1.42 bits per heavy atom. The van der Waals surface area contributed by atoms with E-state index in [-0.39, 0.29) is 23.1 Å². The predicted octanol–water partition coefficient (Wildman–Crippen LogP) is 1.54. The maximum atomic E-state index is 12.1. The fourth-order valence-corrected chi connectivity index (χ4v) is 2.78. The summed E-state index contributed by atoms with van der Waals surface area (Å²) in [7, 11) is -2.13. The normalized spacial score (nSPS) is 12.7. The Kier molecular flexibility index (Phi) is 5.34. The topological polar surface area (TPSA) is 75.6 Å². The highest BCUT2D eigenvalue weighted by Gasteiger charge is 2.22. The van der Waals surface area contributed by atoms with E-state index in [1.165, 1.54) is 25.3 Å². The second kappa shape index (κ2) is 6.19. The molecule has 1 rings (SSSR count). The molecular formula is C12H18ClNO4S. The minimum Gasteiger partial charge on any atom is -0.392 e. The van der Waals surface area contributed by atoms with Crippen LogP contribution in [0.4, 0.5) is 0 Å². The van der Waals surface area contributed by atoms with Gasteiger partial charge in [0.1, 0.15) is 0 Å². The van der Waals surface area contributed by atoms with Crippen LogP contribution in [0.2, 0.25) is 5.02 Å². The van der Waals surface area contributed by atoms with Crippen molar-refractivity contribution in [3.05, 3.63) is 28.8 Å². The lowest BCUT2D eigenvalue weighted by molar-refractivity contribution is 0.0276. The Balaban J connectivity index is 2.92. The van der Waals surface area contributed by atoms with Gasteiger partial charge in [-0.1, -0.05) is 17.7 Å². The lowest BCUT2D eigenvalue weighted by Crippen LogP contribution is -2.39. The molecule has 0 unspecified atom stereocenters. The third kappa shape index (κ3) is 4.43. The fourth-order valence-electron chi connectivity index (χ4n) is 1.25. The number of ether oxygens (including phenoxy) is 1. The number of rotatable bonds is 6. The number of hydrogen-bond donors (Lipinski definition) is 2. The monoisotopic (exact) mass is 307 g/mol. The third-order valence-electron chi connectivity index (χ3n) is 2.75. The smallest absolute Gasteiger partial charge is 0.240 e. The van der Waals surface area contributed by atoms with Crippen molar-refractivity contribution in [3.63, 3.8) is 0 Å². The predicted molar refractivity (Wildman–Crippen MR) is 73.7 cm³/mol. The summed E-state index contributed by atoms with van der Waals surface area (Å²) in [5.41, 5.74) is -0.111. The number of hydrogen-bond acceptors (Lipinski definition) is 4. The molecule has 1 aromatic rings. The van der Waals surface area contributed by atoms with Gasteiger partial charge in [-0.15, -0.1) is 0 Å². The molecule has 0 radical (unpaired) electrons. The highest BCUT2D eigenvalue weighted by Crippen LogP contribution is 2.21. The number of nitrogens with one attached hydrogen (secondary N) is 1. The minimum absolute atomic E-state index is 0.0570. The molecule has 0 aromatic heterocycles. The van der Waals surface area contributed by atoms with Crippen LogP contribution in [-0.4, -0.2) is 32.8 Å². The Labute approximate surface area is 118 Å². The zero-order valence-electron chi connectivity index (χ0n) is 11.1. The Bertz CT molecular complexity index is 543. The van der Waals surface area contributed by atoms with Gasteiger partial charge in [0.15, 0.2) is 0 Å². The van der Waals surface area contributed by atoms with Crippen molar-refractivity contribution in [2.75, 3.05) is 13.7 Å². The van der Waals surface area contributed by atoms with Crippen molar-refractivity contribution in [1.29, 1.82) is 0 Å². The second-order valence-corrected chi connectivity index (χ2v) is 6.87. The molecule has 0 aliphatic heterocycles. The summed E-state index contributed by atoms with van der Waals surface area (Å²) in [6.07, 6.45) is 0. The first-order valence-corrected chi connectivity index (χ1v) is 7.52. The van der Waals surface area contributed by atoms with Crippen molar-refractivity contribution in [3.8, 4) is 0 Å². The molecule has 19 heavy (non-hydrogen) atoms. The van der Waals surface area contributed by atoms with E-state index >= 15 is 0 Å². The van der Waals surface area contributed by atoms with Crippen LogP contribution in [0.3, 0.4) is 0 Å². The average molecular weight is 308 g/mol. The van der Waals surface area contributed by atoms with Crippen LogP contribution in [0.25, 0.3) is 0 Å². The van der Waals surface area contributed by atoms with Gasteiger partial charge in [-0.2, -0.15) is 0 Å². The molecule has 0 saturated carbocycles. The molecule has 0 fully saturated rings. The first-order chi connectivity index (χ1) is 8.72. The molecule has 7 heteroatoms. The third-order valence-corrected chi connectivity index (χ3v) is 4.50. The van der Waals surface area contributed by atoms with Gasteiger partial charge in [-0.05, 0) is 31.5 Å². The summed E-state index contributed by atoms with van der Waals surface area (Å²) in [6.45, 7) is 3.46. The van der Waals surface area contributed by atoms with E-state index in [9.17, 15) is 8.42 Å². The van der Waals surface area contributed by atoms with Crippen molar-refractivity contribution in [2.24, 2.45) is 0 Å². The molecule has 0 amide bonds. The number of halogens is 1. The highest BCUT2D eigenvalue weighted by atomic mass is 35.5. The molecule has 0 spiro atoms. The van der Waals surface area contributed by atoms with E-state index in [1.807, 2.05) is 0 Å². The molecule has 1 aromatic carbocycles. The Morgan fingerprint density at radius 2 is 2.05 bits per heavy atom. The van der Waals surface area contributed by atoms with Crippen LogP contribution < -0.4 is 4.72 Å². The number of benzene rings is 1. The number of sulfonamides is 1. The molecule has 0 heterocycles. The Hall–Kier alpha value is -0.660. The molecule has 0 saturated heterocycles. The van der Waals surface area contributed by atoms with Crippen LogP contribution in [0.15, 0.2) is 23.1 Å². The van der Waals surface area contributed by atoms with Gasteiger partial charge in [0, 0.05) is 18.7 Å². The summed E-state index contributed by atoms with van der Waals surface area (Å²) < 4.78 is 31.7. The first-order valence-electron chi connectivity index (χ1n) is 5.66. The van der Waals surface area contributed by atoms with Gasteiger partial charge in [0.05, 0.1) is 17.1 Å². The van der Waals surface area contributed by atoms with Crippen molar-refractivity contribution in [2.45, 2.75) is 31.0 Å². The largest absolute Gasteiger partial charge is 0.392 e. The van der Waals surface area contributed by atoms with Crippen molar-refractivity contribution in [1.82, 2.24) is 4.72 Å². The lowest BCUT2D eigenvalue weighted by atomic mass is 10.1. The molecule has 5 nitrogen and oxygen atoms in total. The molecule has 2 N–H and O–H groups in total. The number of aliphatic hydroxyl groups excluding tert-OH is 1. The summed E-state index contributed by atoms with van der Waals surface area (Å²) in [6, 6.07) is 4.20. The van der Waals surface area contributed by atoms with Gasteiger partial charge in [-0.25, -0.2) is 13.1 Å². The van der Waals surface area contributed by atoms with Crippen LogP contribution in [0.5, 0.6) is 0 Å². The lowest BCUT2D eigenvalue weighted by Gasteiger charge is -2.23. The van der Waals surface area contributed by atoms with Crippen molar-refractivity contribution < 1.29 is 18.3 Å². The van der Waals surface area contributed by atoms with Gasteiger partial charge in [-0.3, -0.25) is 0 Å². The van der Waals surface area contributed by atoms with Gasteiger partial charge in [0.2, 0.25) is 10.0 Å². The quantitative estimate of drug-likeness (QED) is 0.836. The van der Waals surface area contributed by atoms with Gasteiger partial charge >= 0.3 is 0 Å². The summed E-state index contributed by atoms with van der Waals surface area (Å²) in [5.74, 6) is 0. The molecular weight excluding hydrogens is 290 g/mol. The summed E-state index contributed by atoms with van der Waals surface area (Å²) in [5, 5.41) is 9.21. The van der Waals surface area contributed by atoms with E-state index < -0.39 is 15.6 Å². The number of aliphatic hydroxyl groups is 1. The van der Waals surface area contributed by atoms with E-state index in [4.69, 9.17) is 21.4 Å². The minimum atomic E-state index is -3.65. The fraction of sp³-hybridized carbons (Fsp3) is 0.500. The molecule has 0 aliphatic rings. The number of methoxy groups -OCH3 is 1. The second-order valence-electron chi connectivity index (χ2n) is 4.70. The standard InChI is InChI=1S/C12H18ClNO4S/c1-12(2,18-3)8-14-19(16,17)10-5-4-9(7-15)11(13)6-10/h4-6,14-15H,7-8H2,1-3H3. The molecule has 108 valence electrons. The van der Waals surface area contributed by atoms with E-state index in [0.29, 0.717) is 5.56 Å². The zero-order valence-corrected chi connectivity index (χ0v) is 12.7. The van der Waals surface area contributed by atoms with E-state index in [1.54, 1.807) is 13.8 Å². The zero-order chi connectivity index (χ0) is 14.7. The molecule has 0 aliphatic carbocycles. The van der Waals surface area contributed by atoms with Crippen molar-refractivity contribution >= 4 is 21.6 Å². The van der Waals surface area contributed by atoms with Crippen LogP contribution >= 0.6 is 11.6 Å². The van der Waals surface area contributed by atoms with E-state index in [0.717, 1.165) is 0 Å². The first kappa shape index (κ1) is 16.4. The maximum Gasteiger partial charge on any atom is 0.240 e. The summed E-state index contributed by atoms with van der Waals surface area (Å²) in [4.78, 5) is 0.0570. The van der Waals surface area contributed by atoms with Gasteiger partial charge in [0.25, 0.3) is 0 Å². The van der Waals surface area contributed by atoms with Gasteiger partial charge < -0.3 is 9.84 Å². The molecule has 0 bridgehead atoms. The maximum absolute atomic E-state index is 12.1. The van der Waals surface area contributed by atoms with Crippen LogP contribution in [-0.2, 0) is 21.4 Å².